The van der Waals surface area contributed by atoms with E-state index in [2.05, 4.69) is 49.2 Å². The number of hydrogen-bond donors (Lipinski definition) is 2. The van der Waals surface area contributed by atoms with Gasteiger partial charge < -0.3 is 10.1 Å². The van der Waals surface area contributed by atoms with Crippen molar-refractivity contribution < 1.29 is 9.53 Å². The average molecular weight is 491 g/mol. The van der Waals surface area contributed by atoms with Gasteiger partial charge in [-0.2, -0.15) is 0 Å². The van der Waals surface area contributed by atoms with Gasteiger partial charge in [0.15, 0.2) is 5.11 Å². The zero-order chi connectivity index (χ0) is 16.1. The summed E-state index contributed by atoms with van der Waals surface area (Å²) >= 11 is 10.7. The Labute approximate surface area is 155 Å². The largest absolute Gasteiger partial charge is 0.496 e. The van der Waals surface area contributed by atoms with Crippen molar-refractivity contribution >= 4 is 67.4 Å². The number of carbonyl (C=O) groups excluding carboxylic acids is 1. The van der Waals surface area contributed by atoms with Gasteiger partial charge in [-0.05, 0) is 93.2 Å². The van der Waals surface area contributed by atoms with Gasteiger partial charge in [-0.25, -0.2) is 0 Å². The van der Waals surface area contributed by atoms with Crippen molar-refractivity contribution in [3.05, 3.63) is 56.1 Å². The summed E-state index contributed by atoms with van der Waals surface area (Å²) in [5, 5.41) is 5.86. The van der Waals surface area contributed by atoms with E-state index in [0.29, 0.717) is 15.8 Å². The minimum atomic E-state index is -0.286. The number of nitrogens with one attached hydrogen (secondary N) is 2. The summed E-state index contributed by atoms with van der Waals surface area (Å²) in [6.45, 7) is 0. The first-order valence-corrected chi connectivity index (χ1v) is 8.49. The third-order valence-electron chi connectivity index (χ3n) is 2.74. The summed E-state index contributed by atoms with van der Waals surface area (Å²) < 4.78 is 6.97. The summed E-state index contributed by atoms with van der Waals surface area (Å²) in [4.78, 5) is 12.1. The number of halogens is 2. The van der Waals surface area contributed by atoms with Gasteiger partial charge in [0.05, 0.1) is 11.6 Å². The summed E-state index contributed by atoms with van der Waals surface area (Å²) in [6.07, 6.45) is 0. The number of thiocarbonyl (C=S) groups is 1. The number of amides is 1. The number of anilines is 1. The fraction of sp³-hybridized carbons (Fsp3) is 0.0667. The molecule has 0 aromatic heterocycles. The van der Waals surface area contributed by atoms with Gasteiger partial charge in [0, 0.05) is 14.8 Å². The minimum Gasteiger partial charge on any atom is -0.496 e. The summed E-state index contributed by atoms with van der Waals surface area (Å²) in [5.41, 5.74) is 1.31. The predicted molar refractivity (Wildman–Crippen MR) is 104 cm³/mol. The Hall–Kier alpha value is -1.19. The molecule has 0 unspecified atom stereocenters. The molecule has 7 heteroatoms. The second kappa shape index (κ2) is 7.89. The van der Waals surface area contributed by atoms with Crippen LogP contribution in [0.2, 0.25) is 0 Å². The van der Waals surface area contributed by atoms with Gasteiger partial charge in [-0.15, -0.1) is 0 Å². The van der Waals surface area contributed by atoms with Crippen molar-refractivity contribution in [3.63, 3.8) is 0 Å². The van der Waals surface area contributed by atoms with Gasteiger partial charge in [0.1, 0.15) is 5.75 Å². The number of rotatable bonds is 3. The normalized spacial score (nSPS) is 9.95. The van der Waals surface area contributed by atoms with E-state index in [1.807, 2.05) is 24.3 Å². The fourth-order valence-corrected chi connectivity index (χ4v) is 2.79. The van der Waals surface area contributed by atoms with Crippen LogP contribution in [0, 0.1) is 3.57 Å². The number of hydrogen-bond acceptors (Lipinski definition) is 3. The third-order valence-corrected chi connectivity index (χ3v) is 4.29. The first-order valence-electron chi connectivity index (χ1n) is 6.21. The minimum absolute atomic E-state index is 0.248. The molecule has 0 saturated carbocycles. The smallest absolute Gasteiger partial charge is 0.257 e. The molecule has 0 heterocycles. The molecule has 22 heavy (non-hydrogen) atoms. The van der Waals surface area contributed by atoms with Crippen LogP contribution >= 0.6 is 50.7 Å². The Morgan fingerprint density at radius 1 is 1.23 bits per heavy atom. The Morgan fingerprint density at radius 2 is 1.91 bits per heavy atom. The highest BCUT2D eigenvalue weighted by atomic mass is 127. The first-order chi connectivity index (χ1) is 10.5. The maximum atomic E-state index is 12.1. The molecule has 0 spiro atoms. The molecular formula is C15H12BrIN2O2S. The van der Waals surface area contributed by atoms with E-state index in [1.165, 1.54) is 0 Å². The maximum Gasteiger partial charge on any atom is 0.257 e. The number of methoxy groups -OCH3 is 1. The van der Waals surface area contributed by atoms with Gasteiger partial charge in [0.25, 0.3) is 5.91 Å². The van der Waals surface area contributed by atoms with E-state index in [4.69, 9.17) is 17.0 Å². The van der Waals surface area contributed by atoms with E-state index in [-0.39, 0.29) is 11.0 Å². The van der Waals surface area contributed by atoms with Crippen LogP contribution < -0.4 is 15.4 Å². The molecule has 4 nitrogen and oxygen atoms in total. The summed E-state index contributed by atoms with van der Waals surface area (Å²) in [6, 6.07) is 12.8. The lowest BCUT2D eigenvalue weighted by atomic mass is 10.2. The highest BCUT2D eigenvalue weighted by Crippen LogP contribution is 2.25. The van der Waals surface area contributed by atoms with Crippen molar-refractivity contribution in [1.82, 2.24) is 5.32 Å². The second-order valence-corrected chi connectivity index (χ2v) is 6.77. The summed E-state index contributed by atoms with van der Waals surface area (Å²) in [7, 11) is 1.57. The first kappa shape index (κ1) is 17.2. The van der Waals surface area contributed by atoms with Crippen molar-refractivity contribution in [2.75, 3.05) is 12.4 Å². The van der Waals surface area contributed by atoms with E-state index in [1.54, 1.807) is 25.3 Å². The van der Waals surface area contributed by atoms with Crippen LogP contribution in [-0.2, 0) is 0 Å². The molecule has 2 N–H and O–H groups in total. The highest BCUT2D eigenvalue weighted by Gasteiger charge is 2.10. The molecule has 2 aromatic carbocycles. The molecule has 0 aliphatic carbocycles. The van der Waals surface area contributed by atoms with E-state index >= 15 is 0 Å². The predicted octanol–water partition coefficient (Wildman–Crippen LogP) is 4.19. The fourth-order valence-electron chi connectivity index (χ4n) is 1.68. The van der Waals surface area contributed by atoms with Crippen molar-refractivity contribution in [2.45, 2.75) is 0 Å². The molecular weight excluding hydrogens is 479 g/mol. The van der Waals surface area contributed by atoms with Gasteiger partial charge in [-0.3, -0.25) is 10.1 Å². The molecule has 2 aromatic rings. The molecule has 114 valence electrons. The van der Waals surface area contributed by atoms with Crippen LogP contribution in [0.25, 0.3) is 0 Å². The van der Waals surface area contributed by atoms with Crippen LogP contribution in [0.4, 0.5) is 5.69 Å². The number of carbonyl (C=O) groups is 1. The van der Waals surface area contributed by atoms with Crippen LogP contribution in [-0.4, -0.2) is 18.1 Å². The lowest BCUT2D eigenvalue weighted by Crippen LogP contribution is -2.34. The third kappa shape index (κ3) is 4.65. The zero-order valence-corrected chi connectivity index (χ0v) is 16.1. The van der Waals surface area contributed by atoms with Crippen LogP contribution in [0.3, 0.4) is 0 Å². The topological polar surface area (TPSA) is 50.4 Å². The molecule has 1 amide bonds. The Kier molecular flexibility index (Phi) is 6.16. The van der Waals surface area contributed by atoms with Crippen LogP contribution in [0.5, 0.6) is 5.75 Å². The zero-order valence-electron chi connectivity index (χ0n) is 11.5. The molecule has 0 aliphatic heterocycles. The quantitative estimate of drug-likeness (QED) is 0.500. The summed E-state index contributed by atoms with van der Waals surface area (Å²) in [5.74, 6) is 0.377. The van der Waals surface area contributed by atoms with Crippen molar-refractivity contribution in [1.29, 1.82) is 0 Å². The lowest BCUT2D eigenvalue weighted by molar-refractivity contribution is 0.0977. The standard InChI is InChI=1S/C15H12BrIN2O2S/c1-21-13-7-2-9(8-12(13)16)14(20)19-15(22)18-11-5-3-10(17)4-6-11/h2-8H,1H3,(H2,18,19,20,22). The molecule has 0 radical (unpaired) electrons. The van der Waals surface area contributed by atoms with E-state index in [0.717, 1.165) is 9.26 Å². The highest BCUT2D eigenvalue weighted by molar-refractivity contribution is 14.1. The number of ether oxygens (including phenoxy) is 1. The monoisotopic (exact) mass is 490 g/mol. The molecule has 0 atom stereocenters. The lowest BCUT2D eigenvalue weighted by Gasteiger charge is -2.10. The second-order valence-electron chi connectivity index (χ2n) is 4.26. The van der Waals surface area contributed by atoms with E-state index in [9.17, 15) is 4.79 Å². The van der Waals surface area contributed by atoms with Crippen LogP contribution in [0.1, 0.15) is 10.4 Å². The molecule has 0 saturated heterocycles. The van der Waals surface area contributed by atoms with Gasteiger partial charge in [-0.1, -0.05) is 0 Å². The SMILES string of the molecule is COc1ccc(C(=O)NC(=S)Nc2ccc(I)cc2)cc1Br. The Morgan fingerprint density at radius 3 is 2.50 bits per heavy atom. The average Bonchev–Trinajstić information content (AvgIpc) is 2.49. The van der Waals surface area contributed by atoms with Crippen molar-refractivity contribution in [2.24, 2.45) is 0 Å². The number of benzene rings is 2. The molecule has 0 fully saturated rings. The maximum absolute atomic E-state index is 12.1. The van der Waals surface area contributed by atoms with E-state index < -0.39 is 0 Å². The molecule has 2 rings (SSSR count). The Balaban J connectivity index is 2.00. The molecule has 0 aliphatic rings. The van der Waals surface area contributed by atoms with Gasteiger partial charge in [0.2, 0.25) is 0 Å². The van der Waals surface area contributed by atoms with Crippen LogP contribution in [0.15, 0.2) is 46.9 Å². The van der Waals surface area contributed by atoms with Crippen molar-refractivity contribution in [3.8, 4) is 5.75 Å². The van der Waals surface area contributed by atoms with Gasteiger partial charge >= 0.3 is 0 Å². The molecule has 0 bridgehead atoms. The Bertz CT molecular complexity index is 707.